The highest BCUT2D eigenvalue weighted by Crippen LogP contribution is 2.19. The molecule has 0 atom stereocenters. The van der Waals surface area contributed by atoms with E-state index in [0.29, 0.717) is 5.56 Å². The number of rotatable bonds is 4. The maximum Gasteiger partial charge on any atom is 0.414 e. The van der Waals surface area contributed by atoms with Crippen LogP contribution in [0.25, 0.3) is 0 Å². The van der Waals surface area contributed by atoms with Crippen LogP contribution in [0.15, 0.2) is 53.4 Å². The van der Waals surface area contributed by atoms with Crippen LogP contribution in [0.3, 0.4) is 0 Å². The van der Waals surface area contributed by atoms with Crippen molar-refractivity contribution < 1.29 is 42.3 Å². The Morgan fingerprint density at radius 1 is 0.879 bits per heavy atom. The molecule has 1 amide bonds. The van der Waals surface area contributed by atoms with Gasteiger partial charge < -0.3 is 15.1 Å². The van der Waals surface area contributed by atoms with Gasteiger partial charge in [0.15, 0.2) is 0 Å². The molecular formula is C19H18FN3O9S. The molecule has 14 heteroatoms. The van der Waals surface area contributed by atoms with Crippen LogP contribution in [0.4, 0.5) is 10.1 Å². The maximum absolute atomic E-state index is 13.0. The number of carboxylic acids is 2. The van der Waals surface area contributed by atoms with Gasteiger partial charge in [0.1, 0.15) is 5.82 Å². The summed E-state index contributed by atoms with van der Waals surface area (Å²) in [5.41, 5.74) is 0.192. The predicted octanol–water partition coefficient (Wildman–Crippen LogP) is 1.04. The van der Waals surface area contributed by atoms with E-state index in [1.54, 1.807) is 0 Å². The zero-order valence-electron chi connectivity index (χ0n) is 16.8. The van der Waals surface area contributed by atoms with E-state index in [2.05, 4.69) is 0 Å². The first kappa shape index (κ1) is 25.4. The van der Waals surface area contributed by atoms with Gasteiger partial charge in [-0.2, -0.15) is 4.31 Å². The van der Waals surface area contributed by atoms with Crippen molar-refractivity contribution in [3.8, 4) is 0 Å². The molecule has 2 aromatic carbocycles. The van der Waals surface area contributed by atoms with Gasteiger partial charge in [-0.3, -0.25) is 14.9 Å². The van der Waals surface area contributed by atoms with Crippen LogP contribution >= 0.6 is 0 Å². The standard InChI is InChI=1S/C17H16FN3O5S.C2H2O4/c18-14-3-7-16(8-4-14)27(25,26)20-11-9-19(10-12-20)17(22)13-1-5-15(6-2-13)21(23)24;3-1(4)2(5)6/h1-8H,9-12H2;(H,3,4)(H,5,6). The van der Waals surface area contributed by atoms with E-state index in [-0.39, 0.29) is 42.7 Å². The summed E-state index contributed by atoms with van der Waals surface area (Å²) in [4.78, 5) is 42.3. The number of sulfonamides is 1. The summed E-state index contributed by atoms with van der Waals surface area (Å²) in [5.74, 6) is -4.49. The Kier molecular flexibility index (Phi) is 8.15. The van der Waals surface area contributed by atoms with E-state index in [1.807, 2.05) is 0 Å². The number of piperazine rings is 1. The fraction of sp³-hybridized carbons (Fsp3) is 0.211. The number of carbonyl (C=O) groups excluding carboxylic acids is 1. The quantitative estimate of drug-likeness (QED) is 0.365. The van der Waals surface area contributed by atoms with Crippen molar-refractivity contribution in [2.24, 2.45) is 0 Å². The van der Waals surface area contributed by atoms with Gasteiger partial charge in [0, 0.05) is 43.9 Å². The highest BCUT2D eigenvalue weighted by Gasteiger charge is 2.30. The molecule has 1 aliphatic heterocycles. The minimum absolute atomic E-state index is 0.000884. The van der Waals surface area contributed by atoms with Gasteiger partial charge in [-0.1, -0.05) is 0 Å². The van der Waals surface area contributed by atoms with E-state index in [1.165, 1.54) is 45.6 Å². The minimum atomic E-state index is -3.75. The lowest BCUT2D eigenvalue weighted by atomic mass is 10.1. The lowest BCUT2D eigenvalue weighted by molar-refractivity contribution is -0.384. The first-order valence-corrected chi connectivity index (χ1v) is 10.6. The number of hydrogen-bond donors (Lipinski definition) is 2. The molecule has 0 bridgehead atoms. The van der Waals surface area contributed by atoms with E-state index < -0.39 is 32.7 Å². The summed E-state index contributed by atoms with van der Waals surface area (Å²) >= 11 is 0. The zero-order chi connectivity index (χ0) is 24.8. The molecule has 0 aromatic heterocycles. The summed E-state index contributed by atoms with van der Waals surface area (Å²) < 4.78 is 39.4. The highest BCUT2D eigenvalue weighted by atomic mass is 32.2. The third kappa shape index (κ3) is 6.54. The van der Waals surface area contributed by atoms with Crippen LogP contribution in [0.1, 0.15) is 10.4 Å². The molecule has 176 valence electrons. The number of halogens is 1. The number of benzene rings is 2. The van der Waals surface area contributed by atoms with E-state index in [9.17, 15) is 27.7 Å². The first-order chi connectivity index (χ1) is 15.4. The fourth-order valence-electron chi connectivity index (χ4n) is 2.80. The van der Waals surface area contributed by atoms with Crippen LogP contribution < -0.4 is 0 Å². The number of non-ortho nitro benzene ring substituents is 1. The molecule has 0 radical (unpaired) electrons. The molecule has 1 saturated heterocycles. The molecular weight excluding hydrogens is 465 g/mol. The molecule has 2 N–H and O–H groups in total. The number of carboxylic acid groups (broad SMARTS) is 2. The molecule has 3 rings (SSSR count). The summed E-state index contributed by atoms with van der Waals surface area (Å²) in [5, 5.41) is 25.5. The number of carbonyl (C=O) groups is 3. The molecule has 0 aliphatic carbocycles. The molecule has 12 nitrogen and oxygen atoms in total. The third-order valence-electron chi connectivity index (χ3n) is 4.49. The summed E-state index contributed by atoms with van der Waals surface area (Å²) in [6.07, 6.45) is 0. The number of aliphatic carboxylic acids is 2. The summed E-state index contributed by atoms with van der Waals surface area (Å²) in [7, 11) is -3.75. The topological polar surface area (TPSA) is 175 Å². The van der Waals surface area contributed by atoms with Crippen molar-refractivity contribution in [2.75, 3.05) is 26.2 Å². The largest absolute Gasteiger partial charge is 0.473 e. The Balaban J connectivity index is 0.000000569. The van der Waals surface area contributed by atoms with E-state index >= 15 is 0 Å². The zero-order valence-corrected chi connectivity index (χ0v) is 17.6. The molecule has 0 unspecified atom stereocenters. The molecule has 2 aromatic rings. The fourth-order valence-corrected chi connectivity index (χ4v) is 4.22. The third-order valence-corrected chi connectivity index (χ3v) is 6.40. The number of nitro benzene ring substituents is 1. The smallest absolute Gasteiger partial charge is 0.414 e. The SMILES string of the molecule is O=C(O)C(=O)O.O=C(c1ccc([N+](=O)[O-])cc1)N1CCN(S(=O)(=O)c2ccc(F)cc2)CC1. The van der Waals surface area contributed by atoms with Gasteiger partial charge >= 0.3 is 11.9 Å². The molecule has 1 fully saturated rings. The Bertz CT molecular complexity index is 1130. The van der Waals surface area contributed by atoms with Gasteiger partial charge in [0.05, 0.1) is 9.82 Å². The molecule has 1 aliphatic rings. The Morgan fingerprint density at radius 3 is 1.79 bits per heavy atom. The van der Waals surface area contributed by atoms with Crippen molar-refractivity contribution >= 4 is 33.6 Å². The van der Waals surface area contributed by atoms with Crippen molar-refractivity contribution in [3.05, 3.63) is 70.0 Å². The highest BCUT2D eigenvalue weighted by molar-refractivity contribution is 7.89. The van der Waals surface area contributed by atoms with Gasteiger partial charge in [0.2, 0.25) is 10.0 Å². The van der Waals surface area contributed by atoms with Gasteiger partial charge in [0.25, 0.3) is 11.6 Å². The average Bonchev–Trinajstić information content (AvgIpc) is 2.79. The first-order valence-electron chi connectivity index (χ1n) is 9.19. The van der Waals surface area contributed by atoms with Gasteiger partial charge in [-0.25, -0.2) is 22.4 Å². The summed E-state index contributed by atoms with van der Waals surface area (Å²) in [6, 6.07) is 9.84. The van der Waals surface area contributed by atoms with Crippen LogP contribution in [0, 0.1) is 15.9 Å². The number of nitrogens with zero attached hydrogens (tertiary/aromatic N) is 3. The average molecular weight is 483 g/mol. The van der Waals surface area contributed by atoms with E-state index in [4.69, 9.17) is 19.8 Å². The van der Waals surface area contributed by atoms with Crippen LogP contribution in [0.2, 0.25) is 0 Å². The molecule has 0 spiro atoms. The maximum atomic E-state index is 13.0. The van der Waals surface area contributed by atoms with Crippen LogP contribution in [0.5, 0.6) is 0 Å². The minimum Gasteiger partial charge on any atom is -0.473 e. The monoisotopic (exact) mass is 483 g/mol. The van der Waals surface area contributed by atoms with Crippen molar-refractivity contribution in [2.45, 2.75) is 4.90 Å². The van der Waals surface area contributed by atoms with Crippen molar-refractivity contribution in [1.29, 1.82) is 0 Å². The van der Waals surface area contributed by atoms with Crippen molar-refractivity contribution in [3.63, 3.8) is 0 Å². The Labute approximate surface area is 186 Å². The van der Waals surface area contributed by atoms with Crippen LogP contribution in [-0.4, -0.2) is 76.8 Å². The normalized spacial score (nSPS) is 14.0. The molecule has 33 heavy (non-hydrogen) atoms. The number of hydrogen-bond acceptors (Lipinski definition) is 7. The predicted molar refractivity (Wildman–Crippen MR) is 109 cm³/mol. The number of amides is 1. The Morgan fingerprint density at radius 2 is 1.36 bits per heavy atom. The molecule has 0 saturated carbocycles. The number of nitro groups is 1. The van der Waals surface area contributed by atoms with Gasteiger partial charge in [-0.05, 0) is 36.4 Å². The lowest BCUT2D eigenvalue weighted by Crippen LogP contribution is -2.50. The van der Waals surface area contributed by atoms with Crippen LogP contribution in [-0.2, 0) is 19.6 Å². The molecule has 1 heterocycles. The van der Waals surface area contributed by atoms with Crippen molar-refractivity contribution in [1.82, 2.24) is 9.21 Å². The second kappa shape index (κ2) is 10.6. The lowest BCUT2D eigenvalue weighted by Gasteiger charge is -2.34. The van der Waals surface area contributed by atoms with Gasteiger partial charge in [-0.15, -0.1) is 0 Å². The summed E-state index contributed by atoms with van der Waals surface area (Å²) in [6.45, 7) is 0.601. The second-order valence-corrected chi connectivity index (χ2v) is 8.50. The van der Waals surface area contributed by atoms with E-state index in [0.717, 1.165) is 12.1 Å². The second-order valence-electron chi connectivity index (χ2n) is 6.56. The Hall–Kier alpha value is -3.91.